The van der Waals surface area contributed by atoms with Gasteiger partial charge < -0.3 is 9.64 Å². The second-order valence-corrected chi connectivity index (χ2v) is 7.93. The van der Waals surface area contributed by atoms with Crippen molar-refractivity contribution in [1.29, 1.82) is 0 Å². The number of pyridine rings is 1. The molecule has 0 fully saturated rings. The zero-order chi connectivity index (χ0) is 18.5. The van der Waals surface area contributed by atoms with Crippen molar-refractivity contribution in [2.45, 2.75) is 46.2 Å². The topological polar surface area (TPSA) is 51.1 Å². The summed E-state index contributed by atoms with van der Waals surface area (Å²) in [7, 11) is 1.69. The zero-order valence-electron chi connectivity index (χ0n) is 16.0. The largest absolute Gasteiger partial charge is 0.494 e. The third kappa shape index (κ3) is 2.77. The molecule has 2 aromatic heterocycles. The number of ether oxygens (including phenoxy) is 1. The van der Waals surface area contributed by atoms with Crippen molar-refractivity contribution in [2.75, 3.05) is 12.0 Å². The summed E-state index contributed by atoms with van der Waals surface area (Å²) in [5.74, 6) is 2.65. The SMILES string of the molecule is COc1cccc2c(C)cc(N3Cc4cnc(C(C)(C)C)nc4C3)nc12. The Kier molecular flexibility index (Phi) is 3.83. The van der Waals surface area contributed by atoms with Gasteiger partial charge in [0.15, 0.2) is 0 Å². The minimum atomic E-state index is -0.0480. The van der Waals surface area contributed by atoms with Crippen molar-refractivity contribution in [3.05, 3.63) is 53.1 Å². The van der Waals surface area contributed by atoms with Crippen LogP contribution in [0.1, 0.15) is 43.4 Å². The molecule has 0 bridgehead atoms. The average Bonchev–Trinajstić information content (AvgIpc) is 3.03. The third-order valence-corrected chi connectivity index (χ3v) is 4.87. The minimum Gasteiger partial charge on any atom is -0.494 e. The molecule has 0 atom stereocenters. The molecule has 1 aliphatic heterocycles. The van der Waals surface area contributed by atoms with E-state index >= 15 is 0 Å². The quantitative estimate of drug-likeness (QED) is 0.696. The normalized spacial score (nSPS) is 14.0. The van der Waals surface area contributed by atoms with Gasteiger partial charge in [-0.2, -0.15) is 0 Å². The maximum Gasteiger partial charge on any atom is 0.145 e. The van der Waals surface area contributed by atoms with E-state index in [1.807, 2.05) is 18.3 Å². The van der Waals surface area contributed by atoms with Crippen molar-refractivity contribution < 1.29 is 4.74 Å². The molecular weight excluding hydrogens is 324 g/mol. The van der Waals surface area contributed by atoms with Crippen LogP contribution in [0.3, 0.4) is 0 Å². The lowest BCUT2D eigenvalue weighted by Gasteiger charge is -2.18. The van der Waals surface area contributed by atoms with Crippen LogP contribution in [0.4, 0.5) is 5.82 Å². The number of methoxy groups -OCH3 is 1. The summed E-state index contributed by atoms with van der Waals surface area (Å²) in [6.07, 6.45) is 1.97. The number of anilines is 1. The molecule has 4 rings (SSSR count). The van der Waals surface area contributed by atoms with Crippen LogP contribution >= 0.6 is 0 Å². The van der Waals surface area contributed by atoms with E-state index in [2.05, 4.69) is 49.7 Å². The van der Waals surface area contributed by atoms with Gasteiger partial charge in [0.1, 0.15) is 22.9 Å². The summed E-state index contributed by atoms with van der Waals surface area (Å²) in [5, 5.41) is 1.12. The van der Waals surface area contributed by atoms with E-state index in [9.17, 15) is 0 Å². The van der Waals surface area contributed by atoms with Gasteiger partial charge in [-0.25, -0.2) is 15.0 Å². The fraction of sp³-hybridized carbons (Fsp3) is 0.381. The van der Waals surface area contributed by atoms with Crippen molar-refractivity contribution in [1.82, 2.24) is 15.0 Å². The van der Waals surface area contributed by atoms with Crippen LogP contribution in [0.15, 0.2) is 30.5 Å². The van der Waals surface area contributed by atoms with Crippen LogP contribution in [0.2, 0.25) is 0 Å². The predicted molar refractivity (Wildman–Crippen MR) is 104 cm³/mol. The monoisotopic (exact) mass is 348 g/mol. The number of aromatic nitrogens is 3. The highest BCUT2D eigenvalue weighted by Crippen LogP contribution is 2.32. The van der Waals surface area contributed by atoms with Gasteiger partial charge in [-0.3, -0.25) is 0 Å². The lowest BCUT2D eigenvalue weighted by atomic mass is 9.95. The summed E-state index contributed by atoms with van der Waals surface area (Å²) in [4.78, 5) is 16.5. The fourth-order valence-electron chi connectivity index (χ4n) is 3.38. The summed E-state index contributed by atoms with van der Waals surface area (Å²) >= 11 is 0. The van der Waals surface area contributed by atoms with E-state index in [1.54, 1.807) is 7.11 Å². The van der Waals surface area contributed by atoms with Crippen molar-refractivity contribution in [2.24, 2.45) is 0 Å². The van der Waals surface area contributed by atoms with Crippen molar-refractivity contribution >= 4 is 16.7 Å². The first-order chi connectivity index (χ1) is 12.4. The van der Waals surface area contributed by atoms with E-state index in [-0.39, 0.29) is 5.41 Å². The van der Waals surface area contributed by atoms with Crippen LogP contribution in [0.5, 0.6) is 5.75 Å². The molecule has 5 nitrogen and oxygen atoms in total. The van der Waals surface area contributed by atoms with Crippen molar-refractivity contribution in [3.63, 3.8) is 0 Å². The molecule has 3 heterocycles. The zero-order valence-corrected chi connectivity index (χ0v) is 16.0. The molecule has 0 unspecified atom stereocenters. The smallest absolute Gasteiger partial charge is 0.145 e. The summed E-state index contributed by atoms with van der Waals surface area (Å²) in [5.41, 5.74) is 4.33. The molecule has 0 N–H and O–H groups in total. The van der Waals surface area contributed by atoms with E-state index in [1.165, 1.54) is 11.1 Å². The van der Waals surface area contributed by atoms with Crippen LogP contribution < -0.4 is 9.64 Å². The maximum atomic E-state index is 5.51. The number of aryl methyl sites for hydroxylation is 1. The number of fused-ring (bicyclic) bond motifs is 2. The Morgan fingerprint density at radius 2 is 1.92 bits per heavy atom. The van der Waals surface area contributed by atoms with Gasteiger partial charge in [0, 0.05) is 29.1 Å². The first kappa shape index (κ1) is 16.8. The highest BCUT2D eigenvalue weighted by molar-refractivity contribution is 5.89. The Bertz CT molecular complexity index is 991. The number of para-hydroxylation sites is 1. The van der Waals surface area contributed by atoms with Gasteiger partial charge in [0.05, 0.1) is 19.3 Å². The molecule has 0 spiro atoms. The van der Waals surface area contributed by atoms with Gasteiger partial charge in [-0.1, -0.05) is 32.9 Å². The first-order valence-electron chi connectivity index (χ1n) is 8.91. The van der Waals surface area contributed by atoms with E-state index in [4.69, 9.17) is 14.7 Å². The average molecular weight is 348 g/mol. The van der Waals surface area contributed by atoms with Crippen LogP contribution in [0, 0.1) is 6.92 Å². The number of hydrogen-bond acceptors (Lipinski definition) is 5. The third-order valence-electron chi connectivity index (χ3n) is 4.87. The van der Waals surface area contributed by atoms with Crippen LogP contribution in [0.25, 0.3) is 10.9 Å². The molecule has 0 radical (unpaired) electrons. The Hall–Kier alpha value is -2.69. The summed E-state index contributed by atoms with van der Waals surface area (Å²) in [6, 6.07) is 8.19. The van der Waals surface area contributed by atoms with E-state index in [0.717, 1.165) is 47.1 Å². The molecule has 1 aliphatic rings. The molecule has 1 aromatic carbocycles. The summed E-state index contributed by atoms with van der Waals surface area (Å²) in [6.45, 7) is 10.1. The van der Waals surface area contributed by atoms with Gasteiger partial charge >= 0.3 is 0 Å². The first-order valence-corrected chi connectivity index (χ1v) is 8.91. The lowest BCUT2D eigenvalue weighted by Crippen LogP contribution is -2.18. The molecule has 0 aliphatic carbocycles. The van der Waals surface area contributed by atoms with E-state index < -0.39 is 0 Å². The molecule has 0 saturated carbocycles. The van der Waals surface area contributed by atoms with Crippen LogP contribution in [-0.2, 0) is 18.5 Å². The molecule has 134 valence electrons. The lowest BCUT2D eigenvalue weighted by molar-refractivity contribution is 0.419. The number of benzene rings is 1. The predicted octanol–water partition coefficient (Wildman–Crippen LogP) is 4.16. The summed E-state index contributed by atoms with van der Waals surface area (Å²) < 4.78 is 5.51. The molecule has 5 heteroatoms. The van der Waals surface area contributed by atoms with Gasteiger partial charge in [0.25, 0.3) is 0 Å². The molecule has 26 heavy (non-hydrogen) atoms. The maximum absolute atomic E-state index is 5.51. The number of rotatable bonds is 2. The number of hydrogen-bond donors (Lipinski definition) is 0. The molecular formula is C21H24N4O. The molecule has 3 aromatic rings. The Balaban J connectivity index is 1.73. The van der Waals surface area contributed by atoms with Gasteiger partial charge in [-0.15, -0.1) is 0 Å². The molecule has 0 saturated heterocycles. The highest BCUT2D eigenvalue weighted by Gasteiger charge is 2.26. The Labute approximate surface area is 154 Å². The fourth-order valence-corrected chi connectivity index (χ4v) is 3.38. The van der Waals surface area contributed by atoms with Gasteiger partial charge in [-0.05, 0) is 24.6 Å². The van der Waals surface area contributed by atoms with Crippen LogP contribution in [-0.4, -0.2) is 22.1 Å². The molecule has 0 amide bonds. The standard InChI is InChI=1S/C21H24N4O/c1-13-9-18(24-19-15(13)7-6-8-17(19)26-5)25-11-14-10-22-20(21(2,3)4)23-16(14)12-25/h6-10H,11-12H2,1-5H3. The number of nitrogens with zero attached hydrogens (tertiary/aromatic N) is 4. The Morgan fingerprint density at radius 3 is 2.65 bits per heavy atom. The van der Waals surface area contributed by atoms with Gasteiger partial charge in [0.2, 0.25) is 0 Å². The highest BCUT2D eigenvalue weighted by atomic mass is 16.5. The second kappa shape index (κ2) is 5.94. The Morgan fingerprint density at radius 1 is 1.12 bits per heavy atom. The second-order valence-electron chi connectivity index (χ2n) is 7.93. The minimum absolute atomic E-state index is 0.0480. The van der Waals surface area contributed by atoms with E-state index in [0.29, 0.717) is 0 Å². The van der Waals surface area contributed by atoms with Crippen molar-refractivity contribution in [3.8, 4) is 5.75 Å².